The van der Waals surface area contributed by atoms with Crippen LogP contribution in [0.25, 0.3) is 0 Å². The van der Waals surface area contributed by atoms with Crippen molar-refractivity contribution in [1.82, 2.24) is 5.32 Å². The first kappa shape index (κ1) is 8.82. The summed E-state index contributed by atoms with van der Waals surface area (Å²) in [6.45, 7) is 6.70. The molecule has 78 valence electrons. The van der Waals surface area contributed by atoms with E-state index in [2.05, 4.69) is 18.8 Å². The third-order valence-electron chi connectivity index (χ3n) is 4.98. The van der Waals surface area contributed by atoms with Crippen LogP contribution < -0.4 is 5.32 Å². The minimum atomic E-state index is 0.514. The highest BCUT2D eigenvalue weighted by Gasteiger charge is 2.54. The van der Waals surface area contributed by atoms with Crippen molar-refractivity contribution in [2.45, 2.75) is 51.5 Å². The van der Waals surface area contributed by atoms with Gasteiger partial charge in [0.05, 0.1) is 0 Å². The summed E-state index contributed by atoms with van der Waals surface area (Å²) < 4.78 is 0. The lowest BCUT2D eigenvalue weighted by molar-refractivity contribution is 0.245. The monoisotopic (exact) mass is 191 g/mol. The Balaban J connectivity index is 1.93. The number of nitrogens with one attached hydrogen (secondary N) is 1. The van der Waals surface area contributed by atoms with Crippen molar-refractivity contribution in [3.63, 3.8) is 0 Å². The van der Waals surface area contributed by atoms with Gasteiger partial charge in [0.2, 0.25) is 0 Å². The normalized spacial score (nSPS) is 51.2. The topological polar surface area (TPSA) is 12.0 Å². The molecule has 0 bridgehead atoms. The van der Waals surface area contributed by atoms with Crippen LogP contribution in [0.4, 0.5) is 0 Å². The maximum absolute atomic E-state index is 4.30. The van der Waals surface area contributed by atoms with E-state index in [1.165, 1.54) is 44.2 Å². The second-order valence-corrected chi connectivity index (χ2v) is 5.77. The summed E-state index contributed by atoms with van der Waals surface area (Å²) in [4.78, 5) is 0. The van der Waals surface area contributed by atoms with E-state index >= 15 is 0 Å². The average Bonchev–Trinajstić information content (AvgIpc) is 2.76. The lowest BCUT2D eigenvalue weighted by Gasteiger charge is -2.30. The molecule has 1 spiro atoms. The van der Waals surface area contributed by atoms with Crippen molar-refractivity contribution in [2.75, 3.05) is 0 Å². The number of fused-ring (bicyclic) bond motifs is 2. The van der Waals surface area contributed by atoms with Gasteiger partial charge in [-0.05, 0) is 43.9 Å². The summed E-state index contributed by atoms with van der Waals surface area (Å²) in [7, 11) is 0. The first-order valence-electron chi connectivity index (χ1n) is 6.18. The molecule has 1 heterocycles. The first-order chi connectivity index (χ1) is 6.72. The molecule has 0 radical (unpaired) electrons. The summed E-state index contributed by atoms with van der Waals surface area (Å²) in [5.74, 6) is 1.85. The molecule has 2 aliphatic carbocycles. The zero-order valence-corrected chi connectivity index (χ0v) is 9.18. The molecule has 14 heavy (non-hydrogen) atoms. The molecule has 3 rings (SSSR count). The van der Waals surface area contributed by atoms with Crippen LogP contribution in [0.3, 0.4) is 0 Å². The minimum absolute atomic E-state index is 0.514. The summed E-state index contributed by atoms with van der Waals surface area (Å²) >= 11 is 0. The van der Waals surface area contributed by atoms with Crippen LogP contribution in [0, 0.1) is 17.3 Å². The van der Waals surface area contributed by atoms with Gasteiger partial charge in [-0.1, -0.05) is 19.9 Å². The van der Waals surface area contributed by atoms with Crippen LogP contribution in [-0.4, -0.2) is 6.04 Å². The fourth-order valence-corrected chi connectivity index (χ4v) is 4.33. The molecule has 0 amide bonds. The van der Waals surface area contributed by atoms with Gasteiger partial charge in [-0.2, -0.15) is 0 Å². The Hall–Kier alpha value is -0.460. The lowest BCUT2D eigenvalue weighted by Crippen LogP contribution is -2.25. The maximum Gasteiger partial charge on any atom is 0.0295 e. The van der Waals surface area contributed by atoms with Gasteiger partial charge in [0.15, 0.2) is 0 Å². The largest absolute Gasteiger partial charge is 0.385 e. The van der Waals surface area contributed by atoms with Crippen LogP contribution in [-0.2, 0) is 0 Å². The molecule has 1 saturated heterocycles. The molecule has 3 fully saturated rings. The Kier molecular flexibility index (Phi) is 1.75. The van der Waals surface area contributed by atoms with Gasteiger partial charge in [0.1, 0.15) is 0 Å². The molecule has 2 saturated carbocycles. The number of allylic oxidation sites excluding steroid dienone is 1. The Morgan fingerprint density at radius 3 is 2.93 bits per heavy atom. The van der Waals surface area contributed by atoms with E-state index in [4.69, 9.17) is 0 Å². The van der Waals surface area contributed by atoms with Crippen LogP contribution in [0.5, 0.6) is 0 Å². The fraction of sp³-hybridized carbons (Fsp3) is 0.846. The van der Waals surface area contributed by atoms with E-state index in [9.17, 15) is 0 Å². The van der Waals surface area contributed by atoms with Gasteiger partial charge in [-0.25, -0.2) is 0 Å². The van der Waals surface area contributed by atoms with Crippen molar-refractivity contribution in [3.05, 3.63) is 12.3 Å². The highest BCUT2D eigenvalue weighted by molar-refractivity contribution is 5.23. The quantitative estimate of drug-likeness (QED) is 0.620. The van der Waals surface area contributed by atoms with Crippen molar-refractivity contribution < 1.29 is 0 Å². The zero-order valence-electron chi connectivity index (χ0n) is 9.18. The van der Waals surface area contributed by atoms with E-state index in [1.54, 1.807) is 0 Å². The van der Waals surface area contributed by atoms with E-state index in [-0.39, 0.29) is 0 Å². The lowest BCUT2D eigenvalue weighted by atomic mass is 9.72. The molecular formula is C13H21N. The smallest absolute Gasteiger partial charge is 0.0295 e. The van der Waals surface area contributed by atoms with Gasteiger partial charge in [0, 0.05) is 17.2 Å². The molecule has 0 aromatic heterocycles. The third kappa shape index (κ3) is 0.960. The van der Waals surface area contributed by atoms with Gasteiger partial charge in [-0.3, -0.25) is 0 Å². The van der Waals surface area contributed by atoms with E-state index < -0.39 is 0 Å². The highest BCUT2D eigenvalue weighted by Crippen LogP contribution is 2.59. The van der Waals surface area contributed by atoms with Crippen LogP contribution in [0.15, 0.2) is 12.3 Å². The minimum Gasteiger partial charge on any atom is -0.385 e. The molecule has 4 atom stereocenters. The SMILES string of the molecule is C=C1NC2CCCC2C12CCC(C)C2. The van der Waals surface area contributed by atoms with Crippen molar-refractivity contribution in [3.8, 4) is 0 Å². The van der Waals surface area contributed by atoms with Gasteiger partial charge in [-0.15, -0.1) is 0 Å². The Morgan fingerprint density at radius 2 is 2.21 bits per heavy atom. The average molecular weight is 191 g/mol. The van der Waals surface area contributed by atoms with E-state index in [0.29, 0.717) is 5.41 Å². The van der Waals surface area contributed by atoms with Crippen molar-refractivity contribution >= 4 is 0 Å². The molecule has 1 nitrogen and oxygen atoms in total. The predicted octanol–water partition coefficient (Wildman–Crippen LogP) is 3.08. The fourth-order valence-electron chi connectivity index (χ4n) is 4.33. The maximum atomic E-state index is 4.30. The summed E-state index contributed by atoms with van der Waals surface area (Å²) in [5, 5.41) is 3.67. The molecule has 0 aromatic rings. The second-order valence-electron chi connectivity index (χ2n) is 5.77. The standard InChI is InChI=1S/C13H21N/c1-9-6-7-13(8-9)10(2)14-12-5-3-4-11(12)13/h9,11-12,14H,2-8H2,1H3. The second kappa shape index (κ2) is 2.77. The first-order valence-corrected chi connectivity index (χ1v) is 6.18. The molecule has 3 aliphatic rings. The molecular weight excluding hydrogens is 170 g/mol. The van der Waals surface area contributed by atoms with Gasteiger partial charge >= 0.3 is 0 Å². The third-order valence-corrected chi connectivity index (χ3v) is 4.98. The molecule has 1 N–H and O–H groups in total. The van der Waals surface area contributed by atoms with E-state index in [1.807, 2.05) is 0 Å². The van der Waals surface area contributed by atoms with Crippen molar-refractivity contribution in [2.24, 2.45) is 17.3 Å². The highest BCUT2D eigenvalue weighted by atomic mass is 15.0. The van der Waals surface area contributed by atoms with Crippen LogP contribution in [0.1, 0.15) is 45.4 Å². The molecule has 1 aliphatic heterocycles. The van der Waals surface area contributed by atoms with Crippen molar-refractivity contribution in [1.29, 1.82) is 0 Å². The Morgan fingerprint density at radius 1 is 1.36 bits per heavy atom. The summed E-state index contributed by atoms with van der Waals surface area (Å²) in [5.41, 5.74) is 1.90. The molecule has 0 aromatic carbocycles. The summed E-state index contributed by atoms with van der Waals surface area (Å²) in [6.07, 6.45) is 8.50. The predicted molar refractivity (Wildman–Crippen MR) is 58.9 cm³/mol. The Bertz CT molecular complexity index is 270. The molecule has 4 unspecified atom stereocenters. The number of hydrogen-bond donors (Lipinski definition) is 1. The van der Waals surface area contributed by atoms with Crippen LogP contribution in [0.2, 0.25) is 0 Å². The molecule has 1 heteroatoms. The zero-order chi connectivity index (χ0) is 9.76. The summed E-state index contributed by atoms with van der Waals surface area (Å²) in [6, 6.07) is 0.785. The van der Waals surface area contributed by atoms with E-state index in [0.717, 1.165) is 17.9 Å². The van der Waals surface area contributed by atoms with Gasteiger partial charge < -0.3 is 5.32 Å². The Labute approximate surface area is 87.0 Å². The number of rotatable bonds is 0. The number of hydrogen-bond acceptors (Lipinski definition) is 1. The van der Waals surface area contributed by atoms with Gasteiger partial charge in [0.25, 0.3) is 0 Å². The van der Waals surface area contributed by atoms with Crippen LogP contribution >= 0.6 is 0 Å².